The van der Waals surface area contributed by atoms with Gasteiger partial charge in [-0.25, -0.2) is 21.9 Å². The minimum atomic E-state index is -4.27. The molecule has 8 heteroatoms. The summed E-state index contributed by atoms with van der Waals surface area (Å²) in [6.45, 7) is 0.124. The second kappa shape index (κ2) is 6.29. The quantitative estimate of drug-likeness (QED) is 0.916. The largest absolute Gasteiger partial charge is 0.311 e. The van der Waals surface area contributed by atoms with Crippen LogP contribution in [0.2, 0.25) is 0 Å². The highest BCUT2D eigenvalue weighted by Crippen LogP contribution is 2.23. The Balaban J connectivity index is 1.79. The topological polar surface area (TPSA) is 66.5 Å². The summed E-state index contributed by atoms with van der Waals surface area (Å²) in [6.07, 6.45) is -0.0505. The van der Waals surface area contributed by atoms with Crippen molar-refractivity contribution >= 4 is 21.6 Å². The van der Waals surface area contributed by atoms with Crippen LogP contribution in [0.3, 0.4) is 0 Å². The number of hydrogen-bond acceptors (Lipinski definition) is 3. The number of rotatable bonds is 4. The molecule has 1 fully saturated rings. The number of para-hydroxylation sites is 1. The number of anilines is 1. The Hall–Kier alpha value is -2.32. The maximum Gasteiger partial charge on any atom is 0.243 e. The molecule has 1 N–H and O–H groups in total. The van der Waals surface area contributed by atoms with E-state index < -0.39 is 32.6 Å². The Bertz CT molecular complexity index is 872. The van der Waals surface area contributed by atoms with E-state index in [2.05, 4.69) is 4.72 Å². The normalized spacial score (nSPS) is 18.2. The minimum Gasteiger partial charge on any atom is -0.311 e. The molecular formula is C16H14F2N2O3S. The van der Waals surface area contributed by atoms with Gasteiger partial charge in [0.05, 0.1) is 0 Å². The Morgan fingerprint density at radius 3 is 2.50 bits per heavy atom. The Labute approximate surface area is 138 Å². The molecule has 1 saturated heterocycles. The fourth-order valence-corrected chi connectivity index (χ4v) is 3.93. The standard InChI is InChI=1S/C16H14F2N2O3S/c17-11-6-7-14(18)15(8-11)24(22,23)19-12-9-16(21)20(10-12)13-4-2-1-3-5-13/h1-8,12,19H,9-10H2. The van der Waals surface area contributed by atoms with Gasteiger partial charge in [-0.1, -0.05) is 18.2 Å². The van der Waals surface area contributed by atoms with Crippen molar-refractivity contribution < 1.29 is 22.0 Å². The van der Waals surface area contributed by atoms with Crippen molar-refractivity contribution in [3.8, 4) is 0 Å². The number of carbonyl (C=O) groups excluding carboxylic acids is 1. The van der Waals surface area contributed by atoms with Crippen LogP contribution in [0, 0.1) is 11.6 Å². The molecule has 24 heavy (non-hydrogen) atoms. The fourth-order valence-electron chi connectivity index (χ4n) is 2.61. The first kappa shape index (κ1) is 16.5. The first-order valence-corrected chi connectivity index (χ1v) is 8.68. The number of carbonyl (C=O) groups is 1. The lowest BCUT2D eigenvalue weighted by molar-refractivity contribution is -0.117. The highest BCUT2D eigenvalue weighted by atomic mass is 32.2. The van der Waals surface area contributed by atoms with Crippen molar-refractivity contribution in [1.82, 2.24) is 4.72 Å². The fraction of sp³-hybridized carbons (Fsp3) is 0.188. The van der Waals surface area contributed by atoms with Crippen LogP contribution in [0.1, 0.15) is 6.42 Å². The molecule has 2 aromatic rings. The predicted octanol–water partition coefficient (Wildman–Crippen LogP) is 2.05. The number of sulfonamides is 1. The van der Waals surface area contributed by atoms with Crippen molar-refractivity contribution in [1.29, 1.82) is 0 Å². The van der Waals surface area contributed by atoms with Gasteiger partial charge in [0, 0.05) is 24.7 Å². The smallest absolute Gasteiger partial charge is 0.243 e. The summed E-state index contributed by atoms with van der Waals surface area (Å²) in [5.74, 6) is -2.15. The summed E-state index contributed by atoms with van der Waals surface area (Å²) in [6, 6.07) is 10.3. The summed E-state index contributed by atoms with van der Waals surface area (Å²) < 4.78 is 53.7. The highest BCUT2D eigenvalue weighted by molar-refractivity contribution is 7.89. The van der Waals surface area contributed by atoms with Gasteiger partial charge >= 0.3 is 0 Å². The minimum absolute atomic E-state index is 0.0505. The van der Waals surface area contributed by atoms with Gasteiger partial charge in [0.15, 0.2) is 0 Å². The van der Waals surface area contributed by atoms with E-state index in [1.165, 1.54) is 4.90 Å². The zero-order valence-corrected chi connectivity index (χ0v) is 13.3. The molecule has 3 rings (SSSR count). The molecule has 1 atom stereocenters. The number of nitrogens with one attached hydrogen (secondary N) is 1. The van der Waals surface area contributed by atoms with Gasteiger partial charge in [-0.2, -0.15) is 0 Å². The van der Waals surface area contributed by atoms with Gasteiger partial charge < -0.3 is 4.90 Å². The molecule has 0 saturated carbocycles. The number of hydrogen-bond donors (Lipinski definition) is 1. The van der Waals surface area contributed by atoms with Crippen molar-refractivity contribution in [3.05, 3.63) is 60.2 Å². The SMILES string of the molecule is O=C1CC(NS(=O)(=O)c2cc(F)ccc2F)CN1c1ccccc1. The van der Waals surface area contributed by atoms with E-state index in [9.17, 15) is 22.0 Å². The van der Waals surface area contributed by atoms with Gasteiger partial charge in [-0.15, -0.1) is 0 Å². The lowest BCUT2D eigenvalue weighted by Crippen LogP contribution is -2.37. The first-order chi connectivity index (χ1) is 11.4. The summed E-state index contributed by atoms with van der Waals surface area (Å²) in [7, 11) is -4.27. The predicted molar refractivity (Wildman–Crippen MR) is 83.9 cm³/mol. The van der Waals surface area contributed by atoms with Crippen molar-refractivity contribution in [2.75, 3.05) is 11.4 Å². The average molecular weight is 352 g/mol. The zero-order valence-electron chi connectivity index (χ0n) is 12.4. The molecule has 1 unspecified atom stereocenters. The molecule has 5 nitrogen and oxygen atoms in total. The monoisotopic (exact) mass is 352 g/mol. The van der Waals surface area contributed by atoms with E-state index in [0.29, 0.717) is 11.8 Å². The highest BCUT2D eigenvalue weighted by Gasteiger charge is 2.34. The molecule has 0 bridgehead atoms. The van der Waals surface area contributed by atoms with E-state index in [0.717, 1.165) is 12.1 Å². The molecule has 1 heterocycles. The second-order valence-electron chi connectivity index (χ2n) is 5.44. The maximum atomic E-state index is 13.7. The lowest BCUT2D eigenvalue weighted by Gasteiger charge is -2.17. The Morgan fingerprint density at radius 2 is 1.79 bits per heavy atom. The maximum absolute atomic E-state index is 13.7. The molecule has 1 aliphatic heterocycles. The third-order valence-corrected chi connectivity index (χ3v) is 5.23. The molecule has 0 radical (unpaired) electrons. The van der Waals surface area contributed by atoms with Crippen LogP contribution in [0.4, 0.5) is 14.5 Å². The number of amides is 1. The van der Waals surface area contributed by atoms with Crippen LogP contribution in [-0.4, -0.2) is 26.9 Å². The Morgan fingerprint density at radius 1 is 1.08 bits per heavy atom. The molecule has 1 aliphatic rings. The summed E-state index contributed by atoms with van der Waals surface area (Å²) in [5.41, 5.74) is 0.654. The van der Waals surface area contributed by atoms with E-state index in [1.807, 2.05) is 0 Å². The van der Waals surface area contributed by atoms with Crippen molar-refractivity contribution in [2.24, 2.45) is 0 Å². The summed E-state index contributed by atoms with van der Waals surface area (Å²) in [5, 5.41) is 0. The van der Waals surface area contributed by atoms with Crippen LogP contribution in [0.25, 0.3) is 0 Å². The average Bonchev–Trinajstić information content (AvgIpc) is 2.90. The van der Waals surface area contributed by atoms with Crippen LogP contribution < -0.4 is 9.62 Å². The number of nitrogens with zero attached hydrogens (tertiary/aromatic N) is 1. The second-order valence-corrected chi connectivity index (χ2v) is 7.12. The van der Waals surface area contributed by atoms with Gasteiger partial charge in [-0.05, 0) is 30.3 Å². The summed E-state index contributed by atoms with van der Waals surface area (Å²) >= 11 is 0. The molecular weight excluding hydrogens is 338 g/mol. The van der Waals surface area contributed by atoms with E-state index >= 15 is 0 Å². The molecule has 0 aliphatic carbocycles. The first-order valence-electron chi connectivity index (χ1n) is 7.19. The summed E-state index contributed by atoms with van der Waals surface area (Å²) in [4.78, 5) is 12.8. The van der Waals surface area contributed by atoms with Crippen LogP contribution >= 0.6 is 0 Å². The molecule has 1 amide bonds. The van der Waals surface area contributed by atoms with Crippen LogP contribution in [0.5, 0.6) is 0 Å². The third kappa shape index (κ3) is 3.29. The van der Waals surface area contributed by atoms with Crippen molar-refractivity contribution in [3.63, 3.8) is 0 Å². The zero-order chi connectivity index (χ0) is 17.3. The molecule has 2 aromatic carbocycles. The van der Waals surface area contributed by atoms with Gasteiger partial charge in [0.1, 0.15) is 16.5 Å². The number of benzene rings is 2. The van der Waals surface area contributed by atoms with Crippen LogP contribution in [-0.2, 0) is 14.8 Å². The van der Waals surface area contributed by atoms with Gasteiger partial charge in [0.2, 0.25) is 15.9 Å². The van der Waals surface area contributed by atoms with E-state index in [-0.39, 0.29) is 18.9 Å². The van der Waals surface area contributed by atoms with Gasteiger partial charge in [0.25, 0.3) is 0 Å². The van der Waals surface area contributed by atoms with Crippen molar-refractivity contribution in [2.45, 2.75) is 17.4 Å². The third-order valence-electron chi connectivity index (χ3n) is 3.70. The molecule has 126 valence electrons. The van der Waals surface area contributed by atoms with Gasteiger partial charge in [-0.3, -0.25) is 4.79 Å². The number of halogens is 2. The Kier molecular flexibility index (Phi) is 4.33. The van der Waals surface area contributed by atoms with Crippen LogP contribution in [0.15, 0.2) is 53.4 Å². The van der Waals surface area contributed by atoms with E-state index in [4.69, 9.17) is 0 Å². The molecule has 0 spiro atoms. The lowest BCUT2D eigenvalue weighted by atomic mass is 10.3. The van der Waals surface area contributed by atoms with E-state index in [1.54, 1.807) is 30.3 Å². The molecule has 0 aromatic heterocycles.